The van der Waals surface area contributed by atoms with Crippen molar-refractivity contribution in [2.75, 3.05) is 20.3 Å². The first-order valence-corrected chi connectivity index (χ1v) is 9.92. The molecule has 4 unspecified atom stereocenters. The molecule has 1 aromatic rings. The minimum atomic E-state index is -0.349. The standard InChI is InChI=1S/C21H27NO5/c1-21-8-7-14-15(17(21)5-6-20(21)23)4-3-13-11-19(27-10-9-26-2)18(22(24)25)12-16(13)14/h11-12,14-15,17H,3-10H2,1-2H3. The van der Waals surface area contributed by atoms with Gasteiger partial charge in [-0.3, -0.25) is 14.9 Å². The van der Waals surface area contributed by atoms with E-state index in [0.717, 1.165) is 37.7 Å². The molecule has 0 saturated heterocycles. The fourth-order valence-electron chi connectivity index (χ4n) is 5.85. The number of fused-ring (bicyclic) bond motifs is 5. The van der Waals surface area contributed by atoms with Crippen LogP contribution in [0.2, 0.25) is 0 Å². The molecule has 27 heavy (non-hydrogen) atoms. The van der Waals surface area contributed by atoms with Crippen LogP contribution in [0.4, 0.5) is 5.69 Å². The van der Waals surface area contributed by atoms with Crippen molar-refractivity contribution in [3.63, 3.8) is 0 Å². The van der Waals surface area contributed by atoms with Crippen molar-refractivity contribution in [2.24, 2.45) is 17.3 Å². The predicted molar refractivity (Wildman–Crippen MR) is 100 cm³/mol. The van der Waals surface area contributed by atoms with E-state index in [-0.39, 0.29) is 16.0 Å². The lowest BCUT2D eigenvalue weighted by molar-refractivity contribution is -0.386. The highest BCUT2D eigenvalue weighted by Gasteiger charge is 2.54. The number of ketones is 1. The Morgan fingerprint density at radius 2 is 2.04 bits per heavy atom. The number of nitro benzene ring substituents is 1. The van der Waals surface area contributed by atoms with E-state index in [9.17, 15) is 14.9 Å². The van der Waals surface area contributed by atoms with Gasteiger partial charge in [-0.2, -0.15) is 0 Å². The quantitative estimate of drug-likeness (QED) is 0.442. The number of carbonyl (C=O) groups is 1. The summed E-state index contributed by atoms with van der Waals surface area (Å²) in [6.07, 6.45) is 5.47. The van der Waals surface area contributed by atoms with Crippen molar-refractivity contribution in [1.29, 1.82) is 0 Å². The molecular formula is C21H27NO5. The average molecular weight is 373 g/mol. The Balaban J connectivity index is 1.67. The monoisotopic (exact) mass is 373 g/mol. The maximum atomic E-state index is 12.4. The van der Waals surface area contributed by atoms with Crippen LogP contribution in [0.5, 0.6) is 5.75 Å². The topological polar surface area (TPSA) is 78.7 Å². The van der Waals surface area contributed by atoms with Gasteiger partial charge in [-0.15, -0.1) is 0 Å². The van der Waals surface area contributed by atoms with E-state index in [1.807, 2.05) is 6.07 Å². The number of carbonyl (C=O) groups excluding carboxylic acids is 1. The van der Waals surface area contributed by atoms with Gasteiger partial charge in [0.2, 0.25) is 0 Å². The third-order valence-electron chi connectivity index (χ3n) is 7.26. The van der Waals surface area contributed by atoms with Gasteiger partial charge in [0.15, 0.2) is 5.75 Å². The average Bonchev–Trinajstić information content (AvgIpc) is 2.96. The van der Waals surface area contributed by atoms with Crippen LogP contribution in [0.15, 0.2) is 12.1 Å². The van der Waals surface area contributed by atoms with Gasteiger partial charge < -0.3 is 9.47 Å². The summed E-state index contributed by atoms with van der Waals surface area (Å²) in [5.41, 5.74) is 2.15. The summed E-state index contributed by atoms with van der Waals surface area (Å²) in [7, 11) is 1.58. The fourth-order valence-corrected chi connectivity index (χ4v) is 5.85. The van der Waals surface area contributed by atoms with E-state index < -0.39 is 0 Å². The Hall–Kier alpha value is -1.95. The SMILES string of the molecule is COCCOc1cc2c(cc1[N+](=O)[O-])C1CCC3(C)C(=O)CCC3C1CC2. The van der Waals surface area contributed by atoms with Crippen molar-refractivity contribution in [2.45, 2.75) is 51.4 Å². The highest BCUT2D eigenvalue weighted by molar-refractivity contribution is 5.87. The molecule has 0 bridgehead atoms. The number of hydrogen-bond donors (Lipinski definition) is 0. The lowest BCUT2D eigenvalue weighted by atomic mass is 9.55. The van der Waals surface area contributed by atoms with Crippen molar-refractivity contribution < 1.29 is 19.2 Å². The zero-order chi connectivity index (χ0) is 19.2. The summed E-state index contributed by atoms with van der Waals surface area (Å²) in [5.74, 6) is 1.97. The molecule has 4 atom stereocenters. The highest BCUT2D eigenvalue weighted by Crippen LogP contribution is 2.60. The van der Waals surface area contributed by atoms with Gasteiger partial charge in [0.05, 0.1) is 11.5 Å². The van der Waals surface area contributed by atoms with Crippen LogP contribution >= 0.6 is 0 Å². The zero-order valence-electron chi connectivity index (χ0n) is 16.0. The third-order valence-corrected chi connectivity index (χ3v) is 7.26. The number of aryl methyl sites for hydroxylation is 1. The lowest BCUT2D eigenvalue weighted by Crippen LogP contribution is -2.42. The van der Waals surface area contributed by atoms with Gasteiger partial charge >= 0.3 is 5.69 Å². The molecule has 0 heterocycles. The van der Waals surface area contributed by atoms with Gasteiger partial charge in [-0.1, -0.05) is 6.92 Å². The number of nitrogens with zero attached hydrogens (tertiary/aromatic N) is 1. The molecule has 2 saturated carbocycles. The second kappa shape index (κ2) is 6.89. The van der Waals surface area contributed by atoms with E-state index in [2.05, 4.69) is 6.92 Å². The molecule has 1 aromatic carbocycles. The molecule has 0 N–H and O–H groups in total. The molecule has 0 aliphatic heterocycles. The molecule has 146 valence electrons. The Morgan fingerprint density at radius 1 is 1.22 bits per heavy atom. The molecule has 6 nitrogen and oxygen atoms in total. The second-order valence-corrected chi connectivity index (χ2v) is 8.45. The summed E-state index contributed by atoms with van der Waals surface area (Å²) in [6.45, 7) is 2.84. The Morgan fingerprint density at radius 3 is 2.78 bits per heavy atom. The van der Waals surface area contributed by atoms with Gasteiger partial charge in [0, 0.05) is 25.0 Å². The number of Topliss-reactive ketones (excluding diaryl/α,β-unsaturated/α-hetero) is 1. The summed E-state index contributed by atoms with van der Waals surface area (Å²) in [4.78, 5) is 23.7. The Bertz CT molecular complexity index is 776. The molecule has 0 radical (unpaired) electrons. The number of nitro groups is 1. The maximum absolute atomic E-state index is 12.4. The van der Waals surface area contributed by atoms with E-state index in [0.29, 0.717) is 48.9 Å². The van der Waals surface area contributed by atoms with Crippen LogP contribution in [0.1, 0.15) is 56.1 Å². The smallest absolute Gasteiger partial charge is 0.311 e. The summed E-state index contributed by atoms with van der Waals surface area (Å²) in [6, 6.07) is 3.61. The molecule has 2 fully saturated rings. The highest BCUT2D eigenvalue weighted by atomic mass is 16.6. The van der Waals surface area contributed by atoms with Gasteiger partial charge in [-0.05, 0) is 67.1 Å². The van der Waals surface area contributed by atoms with E-state index in [1.54, 1.807) is 13.2 Å². The summed E-state index contributed by atoms with van der Waals surface area (Å²) >= 11 is 0. The normalized spacial score (nSPS) is 31.8. The maximum Gasteiger partial charge on any atom is 0.311 e. The van der Waals surface area contributed by atoms with Crippen LogP contribution in [0, 0.1) is 27.4 Å². The number of hydrogen-bond acceptors (Lipinski definition) is 5. The molecule has 0 amide bonds. The number of benzene rings is 1. The molecule has 3 aliphatic carbocycles. The number of rotatable bonds is 5. The van der Waals surface area contributed by atoms with E-state index in [1.165, 1.54) is 5.56 Å². The number of methoxy groups -OCH3 is 1. The van der Waals surface area contributed by atoms with Crippen LogP contribution in [-0.4, -0.2) is 31.0 Å². The zero-order valence-corrected chi connectivity index (χ0v) is 16.0. The Kier molecular flexibility index (Phi) is 4.70. The fraction of sp³-hybridized carbons (Fsp3) is 0.667. The van der Waals surface area contributed by atoms with Gasteiger partial charge in [0.1, 0.15) is 12.4 Å². The summed E-state index contributed by atoms with van der Waals surface area (Å²) < 4.78 is 10.6. The van der Waals surface area contributed by atoms with Gasteiger partial charge in [0.25, 0.3) is 0 Å². The predicted octanol–water partition coefficient (Wildman–Crippen LogP) is 4.05. The molecule has 3 aliphatic rings. The van der Waals surface area contributed by atoms with Crippen molar-refractivity contribution in [3.8, 4) is 5.75 Å². The van der Waals surface area contributed by atoms with Crippen molar-refractivity contribution in [1.82, 2.24) is 0 Å². The van der Waals surface area contributed by atoms with Crippen LogP contribution in [0.25, 0.3) is 0 Å². The molecular weight excluding hydrogens is 346 g/mol. The van der Waals surface area contributed by atoms with E-state index >= 15 is 0 Å². The minimum absolute atomic E-state index is 0.0429. The first-order chi connectivity index (χ1) is 13.0. The van der Waals surface area contributed by atoms with E-state index in [4.69, 9.17) is 9.47 Å². The molecule has 4 rings (SSSR count). The third kappa shape index (κ3) is 2.94. The van der Waals surface area contributed by atoms with Gasteiger partial charge in [-0.25, -0.2) is 0 Å². The summed E-state index contributed by atoms with van der Waals surface area (Å²) in [5, 5.41) is 11.6. The largest absolute Gasteiger partial charge is 0.484 e. The van der Waals surface area contributed by atoms with Crippen LogP contribution in [0.3, 0.4) is 0 Å². The number of ether oxygens (including phenoxy) is 2. The molecule has 0 aromatic heterocycles. The lowest BCUT2D eigenvalue weighted by Gasteiger charge is -2.48. The Labute approximate surface area is 159 Å². The first-order valence-electron chi connectivity index (χ1n) is 9.92. The molecule has 0 spiro atoms. The van der Waals surface area contributed by atoms with Crippen molar-refractivity contribution in [3.05, 3.63) is 33.4 Å². The molecule has 6 heteroatoms. The van der Waals surface area contributed by atoms with Crippen LogP contribution in [-0.2, 0) is 16.0 Å². The minimum Gasteiger partial charge on any atom is -0.484 e. The van der Waals surface area contributed by atoms with Crippen LogP contribution < -0.4 is 4.74 Å². The van der Waals surface area contributed by atoms with Crippen molar-refractivity contribution >= 4 is 11.5 Å². The second-order valence-electron chi connectivity index (χ2n) is 8.45. The first kappa shape index (κ1) is 18.4.